The lowest BCUT2D eigenvalue weighted by Gasteiger charge is -2.14. The van der Waals surface area contributed by atoms with Crippen LogP contribution in [0.4, 0.5) is 11.4 Å². The van der Waals surface area contributed by atoms with Crippen LogP contribution in [0.2, 0.25) is 0 Å². The molecule has 118 valence electrons. The number of nitrogens with two attached hydrogens (primary N) is 1. The molecule has 0 unspecified atom stereocenters. The van der Waals surface area contributed by atoms with Crippen molar-refractivity contribution in [3.05, 3.63) is 52.6 Å². The van der Waals surface area contributed by atoms with Gasteiger partial charge < -0.3 is 15.8 Å². The van der Waals surface area contributed by atoms with Gasteiger partial charge >= 0.3 is 0 Å². The number of benzene rings is 2. The summed E-state index contributed by atoms with van der Waals surface area (Å²) in [5, 5.41) is 3.37. The average Bonchev–Trinajstić information content (AvgIpc) is 2.47. The van der Waals surface area contributed by atoms with Gasteiger partial charge in [-0.05, 0) is 55.9 Å². The maximum atomic E-state index is 5.90. The van der Waals surface area contributed by atoms with Crippen molar-refractivity contribution in [3.63, 3.8) is 0 Å². The standard InChI is InChI=1S/C18H24N2OS/c1-12-7-13(2)18(14(3)8-12)20-11-21-10-15-5-6-16(19)17(9-15)22-4/h5-9,20H,10-11,19H2,1-4H3. The minimum absolute atomic E-state index is 0.490. The molecule has 0 saturated heterocycles. The molecule has 3 nitrogen and oxygen atoms in total. The van der Waals surface area contributed by atoms with Crippen molar-refractivity contribution in [3.8, 4) is 0 Å². The van der Waals surface area contributed by atoms with E-state index in [1.807, 2.05) is 18.4 Å². The molecule has 0 radical (unpaired) electrons. The molecule has 2 rings (SSSR count). The van der Waals surface area contributed by atoms with Gasteiger partial charge in [0, 0.05) is 16.3 Å². The molecule has 4 heteroatoms. The number of nitrogen functional groups attached to an aromatic ring is 1. The molecule has 2 aromatic carbocycles. The molecule has 0 spiro atoms. The number of rotatable bonds is 6. The minimum Gasteiger partial charge on any atom is -0.398 e. The van der Waals surface area contributed by atoms with E-state index in [4.69, 9.17) is 10.5 Å². The normalized spacial score (nSPS) is 10.7. The van der Waals surface area contributed by atoms with Crippen LogP contribution >= 0.6 is 11.8 Å². The molecule has 0 saturated carbocycles. The molecule has 0 fully saturated rings. The average molecular weight is 316 g/mol. The second kappa shape index (κ2) is 7.56. The van der Waals surface area contributed by atoms with E-state index in [0.29, 0.717) is 13.3 Å². The van der Waals surface area contributed by atoms with E-state index in [-0.39, 0.29) is 0 Å². The first-order valence-corrected chi connectivity index (χ1v) is 8.55. The van der Waals surface area contributed by atoms with Crippen LogP contribution < -0.4 is 11.1 Å². The van der Waals surface area contributed by atoms with Crippen molar-refractivity contribution in [2.24, 2.45) is 0 Å². The minimum atomic E-state index is 0.490. The van der Waals surface area contributed by atoms with Gasteiger partial charge in [-0.15, -0.1) is 11.8 Å². The third-order valence-corrected chi connectivity index (χ3v) is 4.39. The van der Waals surface area contributed by atoms with Crippen LogP contribution in [0.1, 0.15) is 22.3 Å². The largest absolute Gasteiger partial charge is 0.398 e. The van der Waals surface area contributed by atoms with Gasteiger partial charge in [-0.3, -0.25) is 0 Å². The summed E-state index contributed by atoms with van der Waals surface area (Å²) in [6.07, 6.45) is 2.03. The van der Waals surface area contributed by atoms with Crippen LogP contribution in [-0.2, 0) is 11.3 Å². The SMILES string of the molecule is CSc1cc(COCNc2c(C)cc(C)cc2C)ccc1N. The number of nitrogens with one attached hydrogen (secondary N) is 1. The highest BCUT2D eigenvalue weighted by Crippen LogP contribution is 2.24. The smallest absolute Gasteiger partial charge is 0.116 e. The Bertz CT molecular complexity index is 633. The van der Waals surface area contributed by atoms with Crippen LogP contribution in [0.25, 0.3) is 0 Å². The van der Waals surface area contributed by atoms with E-state index >= 15 is 0 Å². The first kappa shape index (κ1) is 16.7. The topological polar surface area (TPSA) is 47.3 Å². The number of thioether (sulfide) groups is 1. The summed E-state index contributed by atoms with van der Waals surface area (Å²) in [5.41, 5.74) is 12.8. The summed E-state index contributed by atoms with van der Waals surface area (Å²) in [6, 6.07) is 10.4. The second-order valence-corrected chi connectivity index (χ2v) is 6.37. The fourth-order valence-corrected chi connectivity index (χ4v) is 3.17. The molecule has 0 aliphatic carbocycles. The lowest BCUT2D eigenvalue weighted by Crippen LogP contribution is -2.08. The van der Waals surface area contributed by atoms with E-state index in [2.05, 4.69) is 44.3 Å². The van der Waals surface area contributed by atoms with E-state index in [1.165, 1.54) is 16.7 Å². The molecule has 22 heavy (non-hydrogen) atoms. The van der Waals surface area contributed by atoms with Gasteiger partial charge in [-0.25, -0.2) is 0 Å². The van der Waals surface area contributed by atoms with Crippen molar-refractivity contribution in [1.82, 2.24) is 0 Å². The lowest BCUT2D eigenvalue weighted by molar-refractivity contribution is 0.138. The number of aryl methyl sites for hydroxylation is 3. The van der Waals surface area contributed by atoms with Crippen LogP contribution in [0.15, 0.2) is 35.2 Å². The Labute approximate surface area is 137 Å². The van der Waals surface area contributed by atoms with Crippen molar-refractivity contribution < 1.29 is 4.74 Å². The van der Waals surface area contributed by atoms with Crippen LogP contribution in [0.5, 0.6) is 0 Å². The Morgan fingerprint density at radius 3 is 2.41 bits per heavy atom. The number of ether oxygens (including phenoxy) is 1. The zero-order valence-electron chi connectivity index (χ0n) is 13.7. The summed E-state index contributed by atoms with van der Waals surface area (Å²) in [6.45, 7) is 7.42. The molecular formula is C18H24N2OS. The maximum Gasteiger partial charge on any atom is 0.116 e. The van der Waals surface area contributed by atoms with Gasteiger partial charge in [0.2, 0.25) is 0 Å². The van der Waals surface area contributed by atoms with Gasteiger partial charge in [0.25, 0.3) is 0 Å². The van der Waals surface area contributed by atoms with Crippen LogP contribution in [0.3, 0.4) is 0 Å². The van der Waals surface area contributed by atoms with E-state index in [1.54, 1.807) is 11.8 Å². The fraction of sp³-hybridized carbons (Fsp3) is 0.333. The van der Waals surface area contributed by atoms with E-state index < -0.39 is 0 Å². The van der Waals surface area contributed by atoms with Gasteiger partial charge in [-0.1, -0.05) is 23.8 Å². The van der Waals surface area contributed by atoms with Crippen LogP contribution in [-0.4, -0.2) is 13.0 Å². The maximum absolute atomic E-state index is 5.90. The molecule has 0 aliphatic rings. The van der Waals surface area contributed by atoms with Crippen molar-refractivity contribution in [2.75, 3.05) is 24.0 Å². The molecule has 0 aliphatic heterocycles. The first-order valence-electron chi connectivity index (χ1n) is 7.33. The third-order valence-electron chi connectivity index (χ3n) is 3.59. The summed E-state index contributed by atoms with van der Waals surface area (Å²) in [7, 11) is 0. The predicted molar refractivity (Wildman–Crippen MR) is 96.6 cm³/mol. The molecule has 0 atom stereocenters. The number of hydrogen-bond acceptors (Lipinski definition) is 4. The Kier molecular flexibility index (Phi) is 5.75. The molecule has 0 bridgehead atoms. The van der Waals surface area contributed by atoms with Crippen molar-refractivity contribution in [1.29, 1.82) is 0 Å². The number of hydrogen-bond donors (Lipinski definition) is 2. The molecule has 2 aromatic rings. The highest BCUT2D eigenvalue weighted by molar-refractivity contribution is 7.98. The molecule has 3 N–H and O–H groups in total. The van der Waals surface area contributed by atoms with Gasteiger partial charge in [0.05, 0.1) is 6.61 Å². The zero-order valence-corrected chi connectivity index (χ0v) is 14.5. The monoisotopic (exact) mass is 316 g/mol. The highest BCUT2D eigenvalue weighted by atomic mass is 32.2. The Morgan fingerprint density at radius 1 is 1.09 bits per heavy atom. The quantitative estimate of drug-likeness (QED) is 0.356. The molecule has 0 heterocycles. The Morgan fingerprint density at radius 2 is 1.77 bits per heavy atom. The molecular weight excluding hydrogens is 292 g/mol. The molecule has 0 amide bonds. The molecule has 0 aromatic heterocycles. The summed E-state index contributed by atoms with van der Waals surface area (Å²) < 4.78 is 5.74. The van der Waals surface area contributed by atoms with Crippen molar-refractivity contribution in [2.45, 2.75) is 32.3 Å². The lowest BCUT2D eigenvalue weighted by atomic mass is 10.1. The van der Waals surface area contributed by atoms with Gasteiger partial charge in [-0.2, -0.15) is 0 Å². The van der Waals surface area contributed by atoms with Gasteiger partial charge in [0.15, 0.2) is 0 Å². The fourth-order valence-electron chi connectivity index (χ4n) is 2.60. The van der Waals surface area contributed by atoms with E-state index in [0.717, 1.165) is 21.8 Å². The highest BCUT2D eigenvalue weighted by Gasteiger charge is 2.04. The summed E-state index contributed by atoms with van der Waals surface area (Å²) in [5.74, 6) is 0. The predicted octanol–water partition coefficient (Wildman–Crippen LogP) is 4.50. The van der Waals surface area contributed by atoms with E-state index in [9.17, 15) is 0 Å². The second-order valence-electron chi connectivity index (χ2n) is 5.52. The zero-order chi connectivity index (χ0) is 16.1. The Balaban J connectivity index is 1.90. The third kappa shape index (κ3) is 4.18. The van der Waals surface area contributed by atoms with Crippen LogP contribution in [0, 0.1) is 20.8 Å². The Hall–Kier alpha value is -1.65. The van der Waals surface area contributed by atoms with Gasteiger partial charge in [0.1, 0.15) is 6.73 Å². The first-order chi connectivity index (χ1) is 10.5. The van der Waals surface area contributed by atoms with Crippen molar-refractivity contribution >= 4 is 23.1 Å². The summed E-state index contributed by atoms with van der Waals surface area (Å²) >= 11 is 1.65. The summed E-state index contributed by atoms with van der Waals surface area (Å²) in [4.78, 5) is 1.10. The number of anilines is 2.